The smallest absolute Gasteiger partial charge is 0.152 e. The van der Waals surface area contributed by atoms with E-state index >= 15 is 0 Å². The first-order valence-electron chi connectivity index (χ1n) is 4.06. The fraction of sp³-hybridized carbons (Fsp3) is 0.500. The maximum Gasteiger partial charge on any atom is 0.152 e. The number of nitrogens with zero attached hydrogens (tertiary/aromatic N) is 3. The van der Waals surface area contributed by atoms with Crippen LogP contribution in [0.5, 0.6) is 0 Å². The van der Waals surface area contributed by atoms with Crippen LogP contribution in [0.4, 0.5) is 5.82 Å². The SMILES string of the molecule is CN=c1cc2n(c(C)n1)CCN2.Cl.Cl. The van der Waals surface area contributed by atoms with Crippen LogP contribution in [0.15, 0.2) is 11.1 Å². The molecule has 1 aromatic rings. The Balaban J connectivity index is 0.000000845. The number of anilines is 1. The standard InChI is InChI=1S/C8H12N4.2ClH/c1-6-11-7(9-2)5-8-10-3-4-12(6)8;;/h5,10H,3-4H2,1-2H3;2*1H. The lowest BCUT2D eigenvalue weighted by molar-refractivity contribution is 0.734. The Kier molecular flexibility index (Phi) is 4.94. The molecule has 0 saturated carbocycles. The zero-order valence-electron chi connectivity index (χ0n) is 8.15. The molecule has 0 saturated heterocycles. The fourth-order valence-corrected chi connectivity index (χ4v) is 1.47. The van der Waals surface area contributed by atoms with Gasteiger partial charge in [-0.1, -0.05) is 0 Å². The number of hydrogen-bond donors (Lipinski definition) is 1. The second-order valence-corrected chi connectivity index (χ2v) is 2.85. The van der Waals surface area contributed by atoms with Crippen molar-refractivity contribution < 1.29 is 0 Å². The molecule has 1 N–H and O–H groups in total. The molecule has 1 aliphatic rings. The van der Waals surface area contributed by atoms with Gasteiger partial charge in [0, 0.05) is 26.2 Å². The third kappa shape index (κ3) is 2.19. The minimum absolute atomic E-state index is 0. The summed E-state index contributed by atoms with van der Waals surface area (Å²) < 4.78 is 2.16. The van der Waals surface area contributed by atoms with Gasteiger partial charge in [0.25, 0.3) is 0 Å². The zero-order chi connectivity index (χ0) is 8.55. The number of fused-ring (bicyclic) bond motifs is 1. The summed E-state index contributed by atoms with van der Waals surface area (Å²) in [5, 5.41) is 3.28. The number of rotatable bonds is 0. The Morgan fingerprint density at radius 3 is 2.86 bits per heavy atom. The molecule has 14 heavy (non-hydrogen) atoms. The van der Waals surface area contributed by atoms with Crippen LogP contribution in [0.2, 0.25) is 0 Å². The average Bonchev–Trinajstić information content (AvgIpc) is 2.52. The monoisotopic (exact) mass is 236 g/mol. The van der Waals surface area contributed by atoms with Crippen LogP contribution < -0.4 is 10.8 Å². The van der Waals surface area contributed by atoms with Gasteiger partial charge in [0.2, 0.25) is 0 Å². The fourth-order valence-electron chi connectivity index (χ4n) is 1.47. The second kappa shape index (κ2) is 5.22. The highest BCUT2D eigenvalue weighted by Crippen LogP contribution is 2.11. The Morgan fingerprint density at radius 1 is 1.50 bits per heavy atom. The Morgan fingerprint density at radius 2 is 2.21 bits per heavy atom. The molecular weight excluding hydrogens is 223 g/mol. The van der Waals surface area contributed by atoms with Gasteiger partial charge >= 0.3 is 0 Å². The summed E-state index contributed by atoms with van der Waals surface area (Å²) >= 11 is 0. The molecule has 0 aromatic carbocycles. The molecule has 6 heteroatoms. The third-order valence-corrected chi connectivity index (χ3v) is 2.09. The Bertz CT molecular complexity index is 372. The Labute approximate surface area is 95.3 Å². The predicted molar refractivity (Wildman–Crippen MR) is 61.4 cm³/mol. The van der Waals surface area contributed by atoms with Gasteiger partial charge in [-0.2, -0.15) is 0 Å². The number of aryl methyl sites for hydroxylation is 1. The first-order valence-corrected chi connectivity index (χ1v) is 4.06. The van der Waals surface area contributed by atoms with Crippen LogP contribution in [0, 0.1) is 6.92 Å². The number of aromatic nitrogens is 2. The van der Waals surface area contributed by atoms with Gasteiger partial charge in [0.05, 0.1) is 0 Å². The van der Waals surface area contributed by atoms with E-state index < -0.39 is 0 Å². The number of halogens is 2. The van der Waals surface area contributed by atoms with Crippen LogP contribution in [0.1, 0.15) is 5.82 Å². The number of hydrogen-bond acceptors (Lipinski definition) is 3. The second-order valence-electron chi connectivity index (χ2n) is 2.85. The largest absolute Gasteiger partial charge is 0.370 e. The van der Waals surface area contributed by atoms with Crippen molar-refractivity contribution >= 4 is 30.6 Å². The molecule has 0 fully saturated rings. The van der Waals surface area contributed by atoms with Gasteiger partial charge in [0.1, 0.15) is 11.6 Å². The van der Waals surface area contributed by atoms with E-state index in [-0.39, 0.29) is 24.8 Å². The van der Waals surface area contributed by atoms with E-state index in [4.69, 9.17) is 0 Å². The van der Waals surface area contributed by atoms with Gasteiger partial charge in [-0.3, -0.25) is 4.99 Å². The van der Waals surface area contributed by atoms with Crippen LogP contribution in [-0.2, 0) is 6.54 Å². The molecule has 4 nitrogen and oxygen atoms in total. The van der Waals surface area contributed by atoms with Gasteiger partial charge in [-0.25, -0.2) is 4.98 Å². The highest BCUT2D eigenvalue weighted by Gasteiger charge is 2.09. The van der Waals surface area contributed by atoms with Crippen molar-refractivity contribution in [3.05, 3.63) is 17.4 Å². The average molecular weight is 237 g/mol. The Hall–Kier alpha value is -0.740. The molecule has 1 aromatic heterocycles. The van der Waals surface area contributed by atoms with Crippen LogP contribution >= 0.6 is 24.8 Å². The lowest BCUT2D eigenvalue weighted by atomic mass is 10.5. The molecule has 0 aliphatic carbocycles. The minimum atomic E-state index is 0. The maximum absolute atomic E-state index is 4.32. The van der Waals surface area contributed by atoms with Crippen molar-refractivity contribution in [3.8, 4) is 0 Å². The van der Waals surface area contributed by atoms with Crippen molar-refractivity contribution in [2.75, 3.05) is 18.9 Å². The van der Waals surface area contributed by atoms with E-state index in [9.17, 15) is 0 Å². The topological polar surface area (TPSA) is 42.2 Å². The molecule has 2 heterocycles. The van der Waals surface area contributed by atoms with Crippen molar-refractivity contribution in [1.29, 1.82) is 0 Å². The van der Waals surface area contributed by atoms with Crippen molar-refractivity contribution in [2.45, 2.75) is 13.5 Å². The van der Waals surface area contributed by atoms with E-state index in [2.05, 4.69) is 19.9 Å². The summed E-state index contributed by atoms with van der Waals surface area (Å²) in [6.45, 7) is 4.01. The van der Waals surface area contributed by atoms with E-state index in [0.717, 1.165) is 30.2 Å². The predicted octanol–water partition coefficient (Wildman–Crippen LogP) is 0.991. The summed E-state index contributed by atoms with van der Waals surface area (Å²) in [7, 11) is 1.76. The summed E-state index contributed by atoms with van der Waals surface area (Å²) in [5.74, 6) is 2.15. The molecule has 0 bridgehead atoms. The van der Waals surface area contributed by atoms with Gasteiger partial charge in [-0.15, -0.1) is 24.8 Å². The molecule has 80 valence electrons. The lowest BCUT2D eigenvalue weighted by Gasteiger charge is -2.05. The van der Waals surface area contributed by atoms with Crippen molar-refractivity contribution in [1.82, 2.24) is 9.55 Å². The van der Waals surface area contributed by atoms with Crippen LogP contribution in [0.3, 0.4) is 0 Å². The van der Waals surface area contributed by atoms with E-state index in [1.54, 1.807) is 7.05 Å². The quantitative estimate of drug-likeness (QED) is 0.731. The van der Waals surface area contributed by atoms with E-state index in [1.807, 2.05) is 13.0 Å². The van der Waals surface area contributed by atoms with Crippen LogP contribution in [0.25, 0.3) is 0 Å². The minimum Gasteiger partial charge on any atom is -0.370 e. The molecule has 0 unspecified atom stereocenters. The normalized spacial score (nSPS) is 13.7. The number of nitrogens with one attached hydrogen (secondary N) is 1. The highest BCUT2D eigenvalue weighted by atomic mass is 35.5. The molecule has 0 atom stereocenters. The summed E-state index contributed by atoms with van der Waals surface area (Å²) in [6.07, 6.45) is 0. The highest BCUT2D eigenvalue weighted by molar-refractivity contribution is 5.85. The summed E-state index contributed by atoms with van der Waals surface area (Å²) in [6, 6.07) is 1.97. The molecule has 0 radical (unpaired) electrons. The lowest BCUT2D eigenvalue weighted by Crippen LogP contribution is -2.14. The maximum atomic E-state index is 4.32. The zero-order valence-corrected chi connectivity index (χ0v) is 9.78. The van der Waals surface area contributed by atoms with Gasteiger partial charge < -0.3 is 9.88 Å². The molecule has 0 spiro atoms. The first kappa shape index (κ1) is 13.3. The van der Waals surface area contributed by atoms with Gasteiger partial charge in [-0.05, 0) is 6.92 Å². The first-order chi connectivity index (χ1) is 5.81. The third-order valence-electron chi connectivity index (χ3n) is 2.09. The van der Waals surface area contributed by atoms with Crippen molar-refractivity contribution in [3.63, 3.8) is 0 Å². The summed E-state index contributed by atoms with van der Waals surface area (Å²) in [4.78, 5) is 8.36. The van der Waals surface area contributed by atoms with E-state index in [0.29, 0.717) is 0 Å². The van der Waals surface area contributed by atoms with E-state index in [1.165, 1.54) is 0 Å². The molecule has 0 amide bonds. The van der Waals surface area contributed by atoms with Crippen LogP contribution in [-0.4, -0.2) is 23.1 Å². The molecule has 1 aliphatic heterocycles. The summed E-state index contributed by atoms with van der Waals surface area (Å²) in [5.41, 5.74) is 0.799. The molecular formula is C8H14Cl2N4. The van der Waals surface area contributed by atoms with Crippen molar-refractivity contribution in [2.24, 2.45) is 4.99 Å². The molecule has 2 rings (SSSR count). The van der Waals surface area contributed by atoms with Gasteiger partial charge in [0.15, 0.2) is 5.49 Å².